The number of carbonyl (C=O) groups is 1. The lowest BCUT2D eigenvalue weighted by Gasteiger charge is -2.31. The van der Waals surface area contributed by atoms with Gasteiger partial charge in [-0.25, -0.2) is 4.68 Å². The van der Waals surface area contributed by atoms with Crippen molar-refractivity contribution in [3.8, 4) is 0 Å². The van der Waals surface area contributed by atoms with Gasteiger partial charge in [-0.2, -0.15) is 5.10 Å². The van der Waals surface area contributed by atoms with Crippen molar-refractivity contribution in [3.63, 3.8) is 0 Å². The quantitative estimate of drug-likeness (QED) is 0.844. The zero-order valence-electron chi connectivity index (χ0n) is 14.2. The third-order valence-electron chi connectivity index (χ3n) is 5.12. The molecule has 2 unspecified atom stereocenters. The number of nitrogens with two attached hydrogens (primary N) is 1. The van der Waals surface area contributed by atoms with E-state index in [0.29, 0.717) is 6.04 Å². The van der Waals surface area contributed by atoms with Crippen LogP contribution in [0.3, 0.4) is 0 Å². The van der Waals surface area contributed by atoms with Crippen molar-refractivity contribution >= 4 is 36.5 Å². The Balaban J connectivity index is 0.00000144. The molecule has 0 radical (unpaired) electrons. The highest BCUT2D eigenvalue weighted by Gasteiger charge is 2.29. The number of rotatable bonds is 4. The van der Waals surface area contributed by atoms with E-state index in [1.807, 2.05) is 10.7 Å². The van der Waals surface area contributed by atoms with Gasteiger partial charge < -0.3 is 16.0 Å². The molecule has 2 fully saturated rings. The Morgan fingerprint density at radius 3 is 2.58 bits per heavy atom. The number of amides is 1. The summed E-state index contributed by atoms with van der Waals surface area (Å²) in [5.41, 5.74) is 5.91. The number of nitrogens with one attached hydrogen (secondary N) is 1. The predicted octanol–water partition coefficient (Wildman–Crippen LogP) is 2.45. The SMILES string of the molecule is CCN1CCC(n2nccc2NC(=O)C2CCC(N)C2)CC1.Cl.Cl. The highest BCUT2D eigenvalue weighted by atomic mass is 35.5. The third-order valence-corrected chi connectivity index (χ3v) is 5.12. The van der Waals surface area contributed by atoms with Crippen molar-refractivity contribution in [3.05, 3.63) is 12.3 Å². The molecular formula is C16H29Cl2N5O. The maximum absolute atomic E-state index is 12.4. The van der Waals surface area contributed by atoms with Crippen LogP contribution in [0.5, 0.6) is 0 Å². The first-order valence-electron chi connectivity index (χ1n) is 8.49. The third kappa shape index (κ3) is 4.85. The Morgan fingerprint density at radius 2 is 2.00 bits per heavy atom. The summed E-state index contributed by atoms with van der Waals surface area (Å²) in [6.45, 7) is 5.52. The van der Waals surface area contributed by atoms with Crippen molar-refractivity contribution in [1.82, 2.24) is 14.7 Å². The molecule has 138 valence electrons. The number of aromatic nitrogens is 2. The van der Waals surface area contributed by atoms with Gasteiger partial charge in [0.25, 0.3) is 0 Å². The smallest absolute Gasteiger partial charge is 0.228 e. The number of anilines is 1. The highest BCUT2D eigenvalue weighted by Crippen LogP contribution is 2.28. The molecule has 2 atom stereocenters. The number of nitrogens with zero attached hydrogens (tertiary/aromatic N) is 3. The predicted molar refractivity (Wildman–Crippen MR) is 101 cm³/mol. The van der Waals surface area contributed by atoms with Gasteiger partial charge in [-0.1, -0.05) is 6.92 Å². The normalized spacial score (nSPS) is 24.9. The molecular weight excluding hydrogens is 349 g/mol. The summed E-state index contributed by atoms with van der Waals surface area (Å²) in [6, 6.07) is 2.47. The minimum atomic E-state index is 0. The van der Waals surface area contributed by atoms with Gasteiger partial charge in [0.2, 0.25) is 5.91 Å². The summed E-state index contributed by atoms with van der Waals surface area (Å²) in [4.78, 5) is 14.8. The van der Waals surface area contributed by atoms with Crippen LogP contribution >= 0.6 is 24.8 Å². The number of piperidine rings is 1. The van der Waals surface area contributed by atoms with Gasteiger partial charge >= 0.3 is 0 Å². The van der Waals surface area contributed by atoms with E-state index in [1.165, 1.54) is 0 Å². The molecule has 1 aliphatic carbocycles. The first-order chi connectivity index (χ1) is 10.7. The Bertz CT molecular complexity index is 516. The van der Waals surface area contributed by atoms with Gasteiger partial charge in [-0.3, -0.25) is 4.79 Å². The van der Waals surface area contributed by atoms with Crippen LogP contribution in [0.15, 0.2) is 12.3 Å². The molecule has 1 aliphatic heterocycles. The summed E-state index contributed by atoms with van der Waals surface area (Å²) in [5, 5.41) is 7.51. The molecule has 8 heteroatoms. The van der Waals surface area contributed by atoms with Gasteiger partial charge in [0, 0.05) is 31.1 Å². The summed E-state index contributed by atoms with van der Waals surface area (Å²) >= 11 is 0. The van der Waals surface area contributed by atoms with E-state index in [0.717, 1.165) is 57.6 Å². The second-order valence-corrected chi connectivity index (χ2v) is 6.59. The summed E-state index contributed by atoms with van der Waals surface area (Å²) in [6.07, 6.45) is 6.61. The number of halogens is 2. The topological polar surface area (TPSA) is 76.2 Å². The number of hydrogen-bond acceptors (Lipinski definition) is 4. The Hall–Kier alpha value is -0.820. The Labute approximate surface area is 156 Å². The van der Waals surface area contributed by atoms with Crippen LogP contribution in [0.4, 0.5) is 5.82 Å². The monoisotopic (exact) mass is 377 g/mol. The number of carbonyl (C=O) groups excluding carboxylic acids is 1. The Kier molecular flexibility index (Phi) is 8.50. The average Bonchev–Trinajstić information content (AvgIpc) is 3.16. The zero-order valence-corrected chi connectivity index (χ0v) is 15.8. The van der Waals surface area contributed by atoms with Crippen molar-refractivity contribution in [2.45, 2.75) is 51.1 Å². The van der Waals surface area contributed by atoms with Crippen LogP contribution in [-0.2, 0) is 4.79 Å². The van der Waals surface area contributed by atoms with E-state index in [2.05, 4.69) is 22.2 Å². The Morgan fingerprint density at radius 1 is 1.29 bits per heavy atom. The van der Waals surface area contributed by atoms with E-state index < -0.39 is 0 Å². The minimum absolute atomic E-state index is 0. The lowest BCUT2D eigenvalue weighted by atomic mass is 10.1. The molecule has 1 saturated heterocycles. The van der Waals surface area contributed by atoms with E-state index >= 15 is 0 Å². The van der Waals surface area contributed by atoms with Crippen molar-refractivity contribution < 1.29 is 4.79 Å². The van der Waals surface area contributed by atoms with Crippen LogP contribution < -0.4 is 11.1 Å². The molecule has 24 heavy (non-hydrogen) atoms. The second kappa shape index (κ2) is 9.61. The fourth-order valence-corrected chi connectivity index (χ4v) is 3.67. The van der Waals surface area contributed by atoms with E-state index in [-0.39, 0.29) is 42.7 Å². The van der Waals surface area contributed by atoms with Gasteiger partial charge in [0.15, 0.2) is 0 Å². The molecule has 1 saturated carbocycles. The van der Waals surface area contributed by atoms with Crippen LogP contribution in [0.1, 0.15) is 45.1 Å². The van der Waals surface area contributed by atoms with Crippen LogP contribution in [0, 0.1) is 5.92 Å². The lowest BCUT2D eigenvalue weighted by molar-refractivity contribution is -0.119. The zero-order chi connectivity index (χ0) is 15.5. The maximum Gasteiger partial charge on any atom is 0.228 e. The van der Waals surface area contributed by atoms with Crippen molar-refractivity contribution in [2.75, 3.05) is 25.0 Å². The standard InChI is InChI=1S/C16H27N5O.2ClH/c1-2-20-9-6-14(7-10-20)21-15(5-8-18-21)19-16(22)12-3-4-13(17)11-12;;/h5,8,12-14H,2-4,6-7,9-11,17H2,1H3,(H,19,22);2*1H. The van der Waals surface area contributed by atoms with E-state index in [1.54, 1.807) is 6.20 Å². The highest BCUT2D eigenvalue weighted by molar-refractivity contribution is 5.92. The fourth-order valence-electron chi connectivity index (χ4n) is 3.67. The van der Waals surface area contributed by atoms with Crippen LogP contribution in [-0.4, -0.2) is 46.3 Å². The second-order valence-electron chi connectivity index (χ2n) is 6.59. The molecule has 3 rings (SSSR count). The molecule has 1 aromatic rings. The lowest BCUT2D eigenvalue weighted by Crippen LogP contribution is -2.35. The van der Waals surface area contributed by atoms with Crippen LogP contribution in [0.25, 0.3) is 0 Å². The molecule has 3 N–H and O–H groups in total. The maximum atomic E-state index is 12.4. The first kappa shape index (κ1) is 21.2. The van der Waals surface area contributed by atoms with Crippen LogP contribution in [0.2, 0.25) is 0 Å². The summed E-state index contributed by atoms with van der Waals surface area (Å²) in [5.74, 6) is 0.987. The number of likely N-dealkylation sites (tertiary alicyclic amines) is 1. The first-order valence-corrected chi connectivity index (χ1v) is 8.49. The van der Waals surface area contributed by atoms with E-state index in [9.17, 15) is 4.79 Å². The molecule has 0 aromatic carbocycles. The fraction of sp³-hybridized carbons (Fsp3) is 0.750. The summed E-state index contributed by atoms with van der Waals surface area (Å²) in [7, 11) is 0. The molecule has 6 nitrogen and oxygen atoms in total. The van der Waals surface area contributed by atoms with E-state index in [4.69, 9.17) is 5.73 Å². The molecule has 2 heterocycles. The van der Waals surface area contributed by atoms with Crippen molar-refractivity contribution in [2.24, 2.45) is 11.7 Å². The molecule has 1 aromatic heterocycles. The van der Waals surface area contributed by atoms with Gasteiger partial charge in [0.1, 0.15) is 5.82 Å². The molecule has 0 spiro atoms. The molecule has 2 aliphatic rings. The molecule has 0 bridgehead atoms. The van der Waals surface area contributed by atoms with Gasteiger partial charge in [0.05, 0.1) is 12.2 Å². The average molecular weight is 378 g/mol. The van der Waals surface area contributed by atoms with Gasteiger partial charge in [-0.05, 0) is 38.6 Å². The minimum Gasteiger partial charge on any atom is -0.328 e. The largest absolute Gasteiger partial charge is 0.328 e. The number of hydrogen-bond donors (Lipinski definition) is 2. The summed E-state index contributed by atoms with van der Waals surface area (Å²) < 4.78 is 2.00. The van der Waals surface area contributed by atoms with Crippen molar-refractivity contribution in [1.29, 1.82) is 0 Å². The molecule has 1 amide bonds. The van der Waals surface area contributed by atoms with Gasteiger partial charge in [-0.15, -0.1) is 24.8 Å².